The minimum absolute atomic E-state index is 0.0677. The van der Waals surface area contributed by atoms with E-state index >= 15 is 0 Å². The molecule has 7 heteroatoms. The van der Waals surface area contributed by atoms with Crippen molar-refractivity contribution in [2.45, 2.75) is 20.3 Å². The smallest absolute Gasteiger partial charge is 0.322 e. The van der Waals surface area contributed by atoms with Crippen LogP contribution >= 0.6 is 15.9 Å². The summed E-state index contributed by atoms with van der Waals surface area (Å²) in [5.74, 6) is 0.290. The van der Waals surface area contributed by atoms with Crippen LogP contribution in [0, 0.1) is 6.92 Å². The number of para-hydroxylation sites is 1. The summed E-state index contributed by atoms with van der Waals surface area (Å²) in [6.45, 7) is 3.83. The van der Waals surface area contributed by atoms with Gasteiger partial charge in [0.1, 0.15) is 12.3 Å². The summed E-state index contributed by atoms with van der Waals surface area (Å²) in [6, 6.07) is 10.9. The van der Waals surface area contributed by atoms with E-state index in [-0.39, 0.29) is 12.5 Å². The normalized spacial score (nSPS) is 10.3. The zero-order chi connectivity index (χ0) is 20.0. The average molecular weight is 434 g/mol. The zero-order valence-electron chi connectivity index (χ0n) is 15.9. The second-order valence-electron chi connectivity index (χ2n) is 6.15. The van der Waals surface area contributed by atoms with Gasteiger partial charge < -0.3 is 20.3 Å². The molecule has 6 nitrogen and oxygen atoms in total. The highest BCUT2D eigenvalue weighted by molar-refractivity contribution is 9.10. The Hall–Kier alpha value is -2.54. The molecule has 0 saturated heterocycles. The molecule has 3 amide bonds. The van der Waals surface area contributed by atoms with E-state index in [0.717, 1.165) is 27.7 Å². The van der Waals surface area contributed by atoms with E-state index in [0.29, 0.717) is 11.4 Å². The summed E-state index contributed by atoms with van der Waals surface area (Å²) in [6.07, 6.45) is 0.815. The van der Waals surface area contributed by atoms with Gasteiger partial charge in [-0.1, -0.05) is 41.1 Å². The first kappa shape index (κ1) is 20.8. The lowest BCUT2D eigenvalue weighted by molar-refractivity contribution is -0.116. The van der Waals surface area contributed by atoms with Gasteiger partial charge in [-0.2, -0.15) is 0 Å². The number of ether oxygens (including phenoxy) is 1. The predicted octanol–water partition coefficient (Wildman–Crippen LogP) is 4.43. The van der Waals surface area contributed by atoms with Gasteiger partial charge in [0.15, 0.2) is 0 Å². The summed E-state index contributed by atoms with van der Waals surface area (Å²) < 4.78 is 6.19. The second-order valence-corrected chi connectivity index (χ2v) is 7.06. The third kappa shape index (κ3) is 5.47. The zero-order valence-corrected chi connectivity index (χ0v) is 17.5. The Labute approximate surface area is 168 Å². The Balaban J connectivity index is 2.03. The van der Waals surface area contributed by atoms with Crippen LogP contribution in [0.4, 0.5) is 16.2 Å². The molecule has 2 N–H and O–H groups in total. The first-order valence-corrected chi connectivity index (χ1v) is 9.39. The maximum Gasteiger partial charge on any atom is 0.322 e. The maximum atomic E-state index is 12.5. The third-order valence-corrected chi connectivity index (χ3v) is 4.57. The Morgan fingerprint density at radius 2 is 1.89 bits per heavy atom. The molecule has 0 aromatic heterocycles. The molecule has 0 spiro atoms. The van der Waals surface area contributed by atoms with Gasteiger partial charge in [-0.05, 0) is 42.7 Å². The number of hydrogen-bond acceptors (Lipinski definition) is 3. The van der Waals surface area contributed by atoms with E-state index in [2.05, 4.69) is 26.6 Å². The van der Waals surface area contributed by atoms with Crippen molar-refractivity contribution in [3.63, 3.8) is 0 Å². The number of carbonyl (C=O) groups excluding carboxylic acids is 2. The molecule has 0 heterocycles. The molecular weight excluding hydrogens is 410 g/mol. The number of rotatable bonds is 6. The molecule has 0 fully saturated rings. The molecule has 0 atom stereocenters. The Morgan fingerprint density at radius 1 is 1.19 bits per heavy atom. The fraction of sp³-hybridized carbons (Fsp3) is 0.300. The number of nitrogens with zero attached hydrogens (tertiary/aromatic N) is 1. The molecule has 0 radical (unpaired) electrons. The molecule has 0 saturated carbocycles. The highest BCUT2D eigenvalue weighted by Gasteiger charge is 2.17. The van der Waals surface area contributed by atoms with Crippen LogP contribution in [-0.4, -0.2) is 37.5 Å². The average Bonchev–Trinajstić information content (AvgIpc) is 2.63. The third-order valence-electron chi connectivity index (χ3n) is 4.12. The SMILES string of the molecule is CCc1ccccc1NC(=O)CN(C)C(=O)Nc1c(C)cc(Br)cc1OC. The van der Waals surface area contributed by atoms with Gasteiger partial charge in [-0.25, -0.2) is 4.79 Å². The van der Waals surface area contributed by atoms with Gasteiger partial charge in [0.2, 0.25) is 5.91 Å². The van der Waals surface area contributed by atoms with Gasteiger partial charge in [0.05, 0.1) is 12.8 Å². The van der Waals surface area contributed by atoms with E-state index < -0.39 is 6.03 Å². The number of nitrogens with one attached hydrogen (secondary N) is 2. The number of amides is 3. The van der Waals surface area contributed by atoms with Crippen molar-refractivity contribution in [2.75, 3.05) is 31.3 Å². The van der Waals surface area contributed by atoms with Crippen LogP contribution in [0.2, 0.25) is 0 Å². The Morgan fingerprint density at radius 3 is 2.56 bits per heavy atom. The molecule has 0 aliphatic heterocycles. The van der Waals surface area contributed by atoms with Crippen LogP contribution in [-0.2, 0) is 11.2 Å². The van der Waals surface area contributed by atoms with Gasteiger partial charge in [0.25, 0.3) is 0 Å². The van der Waals surface area contributed by atoms with Crippen molar-refractivity contribution in [1.82, 2.24) is 4.90 Å². The van der Waals surface area contributed by atoms with Crippen LogP contribution in [0.25, 0.3) is 0 Å². The maximum absolute atomic E-state index is 12.5. The van der Waals surface area contributed by atoms with E-state index in [1.807, 2.05) is 44.2 Å². The molecule has 2 rings (SSSR count). The van der Waals surface area contributed by atoms with Gasteiger partial charge in [0, 0.05) is 17.2 Å². The van der Waals surface area contributed by atoms with E-state index in [1.54, 1.807) is 20.2 Å². The van der Waals surface area contributed by atoms with Crippen molar-refractivity contribution < 1.29 is 14.3 Å². The lowest BCUT2D eigenvalue weighted by Gasteiger charge is -2.20. The van der Waals surface area contributed by atoms with E-state index in [1.165, 1.54) is 4.90 Å². The molecular formula is C20H24BrN3O3. The molecule has 0 unspecified atom stereocenters. The second kappa shape index (κ2) is 9.41. The largest absolute Gasteiger partial charge is 0.495 e. The van der Waals surface area contributed by atoms with Crippen molar-refractivity contribution in [3.05, 3.63) is 52.0 Å². The standard InChI is InChI=1S/C20H24BrN3O3/c1-5-14-8-6-7-9-16(14)22-18(25)12-24(3)20(26)23-19-13(2)10-15(21)11-17(19)27-4/h6-11H,5,12H2,1-4H3,(H,22,25)(H,23,26). The van der Waals surface area contributed by atoms with E-state index in [4.69, 9.17) is 4.74 Å². The lowest BCUT2D eigenvalue weighted by atomic mass is 10.1. The first-order chi connectivity index (χ1) is 12.8. The fourth-order valence-electron chi connectivity index (χ4n) is 2.66. The number of halogens is 1. The highest BCUT2D eigenvalue weighted by atomic mass is 79.9. The summed E-state index contributed by atoms with van der Waals surface area (Å²) in [4.78, 5) is 26.1. The quantitative estimate of drug-likeness (QED) is 0.707. The molecule has 0 aliphatic rings. The number of hydrogen-bond donors (Lipinski definition) is 2. The monoisotopic (exact) mass is 433 g/mol. The number of carbonyl (C=O) groups is 2. The summed E-state index contributed by atoms with van der Waals surface area (Å²) in [5, 5.41) is 5.67. The number of anilines is 2. The molecule has 2 aromatic carbocycles. The van der Waals surface area contributed by atoms with Crippen LogP contribution in [0.15, 0.2) is 40.9 Å². The van der Waals surface area contributed by atoms with E-state index in [9.17, 15) is 9.59 Å². The number of aryl methyl sites for hydroxylation is 2. The first-order valence-electron chi connectivity index (χ1n) is 8.59. The minimum atomic E-state index is -0.391. The molecule has 2 aromatic rings. The van der Waals surface area contributed by atoms with Crippen LogP contribution in [0.1, 0.15) is 18.1 Å². The van der Waals surface area contributed by atoms with Crippen LogP contribution < -0.4 is 15.4 Å². The molecule has 0 aliphatic carbocycles. The fourth-order valence-corrected chi connectivity index (χ4v) is 3.21. The summed E-state index contributed by atoms with van der Waals surface area (Å²) in [7, 11) is 3.11. The van der Waals surface area contributed by atoms with Crippen molar-refractivity contribution in [1.29, 1.82) is 0 Å². The van der Waals surface area contributed by atoms with Crippen molar-refractivity contribution in [3.8, 4) is 5.75 Å². The van der Waals surface area contributed by atoms with Gasteiger partial charge in [-0.3, -0.25) is 4.79 Å². The molecule has 0 bridgehead atoms. The molecule has 27 heavy (non-hydrogen) atoms. The van der Waals surface area contributed by atoms with Crippen LogP contribution in [0.3, 0.4) is 0 Å². The number of methoxy groups -OCH3 is 1. The van der Waals surface area contributed by atoms with Gasteiger partial charge in [-0.15, -0.1) is 0 Å². The van der Waals surface area contributed by atoms with Crippen molar-refractivity contribution in [2.24, 2.45) is 0 Å². The topological polar surface area (TPSA) is 70.7 Å². The Bertz CT molecular complexity index is 839. The van der Waals surface area contributed by atoms with Crippen molar-refractivity contribution >= 4 is 39.2 Å². The summed E-state index contributed by atoms with van der Waals surface area (Å²) >= 11 is 3.40. The molecule has 144 valence electrons. The predicted molar refractivity (Wildman–Crippen MR) is 112 cm³/mol. The highest BCUT2D eigenvalue weighted by Crippen LogP contribution is 2.32. The minimum Gasteiger partial charge on any atom is -0.495 e. The summed E-state index contributed by atoms with van der Waals surface area (Å²) in [5.41, 5.74) is 3.25. The van der Waals surface area contributed by atoms with Gasteiger partial charge >= 0.3 is 6.03 Å². The Kier molecular flexibility index (Phi) is 7.24. The number of likely N-dealkylation sites (N-methyl/N-ethyl adjacent to an activating group) is 1. The lowest BCUT2D eigenvalue weighted by Crippen LogP contribution is -2.38. The number of urea groups is 1. The van der Waals surface area contributed by atoms with Crippen LogP contribution in [0.5, 0.6) is 5.75 Å². The number of benzene rings is 2.